The van der Waals surface area contributed by atoms with Crippen molar-refractivity contribution in [2.45, 2.75) is 44.6 Å². The van der Waals surface area contributed by atoms with Crippen molar-refractivity contribution in [3.8, 4) is 11.5 Å². The first-order valence-corrected chi connectivity index (χ1v) is 11.3. The maximum Gasteiger partial charge on any atom is 0.268 e. The highest BCUT2D eigenvalue weighted by Gasteiger charge is 2.30. The monoisotopic (exact) mass is 434 g/mol. The topological polar surface area (TPSA) is 84.9 Å². The maximum absolute atomic E-state index is 13.6. The van der Waals surface area contributed by atoms with Gasteiger partial charge in [-0.15, -0.1) is 0 Å². The van der Waals surface area contributed by atoms with E-state index in [1.165, 1.54) is 14.2 Å². The van der Waals surface area contributed by atoms with Gasteiger partial charge in [0.2, 0.25) is 5.91 Å². The largest absolute Gasteiger partial charge is 0.497 e. The van der Waals surface area contributed by atoms with Crippen molar-refractivity contribution in [1.82, 2.24) is 5.32 Å². The van der Waals surface area contributed by atoms with Gasteiger partial charge in [-0.1, -0.05) is 19.4 Å². The molecule has 2 aromatic rings. The van der Waals surface area contributed by atoms with Gasteiger partial charge in [-0.25, -0.2) is 8.42 Å². The Labute approximate surface area is 179 Å². The summed E-state index contributed by atoms with van der Waals surface area (Å²) in [6, 6.07) is 11.4. The first-order chi connectivity index (χ1) is 14.2. The molecule has 1 atom stereocenters. The highest BCUT2D eigenvalue weighted by atomic mass is 32.2. The van der Waals surface area contributed by atoms with Gasteiger partial charge >= 0.3 is 0 Å². The number of anilines is 1. The number of aryl methyl sites for hydroxylation is 1. The van der Waals surface area contributed by atoms with Gasteiger partial charge in [-0.05, 0) is 62.2 Å². The van der Waals surface area contributed by atoms with Crippen LogP contribution in [-0.2, 0) is 14.8 Å². The summed E-state index contributed by atoms with van der Waals surface area (Å²) in [6.45, 7) is 5.38. The van der Waals surface area contributed by atoms with Crippen molar-refractivity contribution in [2.24, 2.45) is 0 Å². The number of carbonyl (C=O) groups is 1. The Hall–Kier alpha value is -2.74. The van der Waals surface area contributed by atoms with E-state index >= 15 is 0 Å². The van der Waals surface area contributed by atoms with E-state index in [1.807, 2.05) is 13.8 Å². The van der Waals surface area contributed by atoms with Crippen molar-refractivity contribution in [3.63, 3.8) is 0 Å². The molecule has 0 radical (unpaired) electrons. The smallest absolute Gasteiger partial charge is 0.268 e. The molecule has 0 heterocycles. The predicted octanol–water partition coefficient (Wildman–Crippen LogP) is 3.51. The van der Waals surface area contributed by atoms with Crippen molar-refractivity contribution in [2.75, 3.05) is 25.1 Å². The van der Waals surface area contributed by atoms with Crippen LogP contribution in [0.5, 0.6) is 11.5 Å². The number of ether oxygens (including phenoxy) is 2. The summed E-state index contributed by atoms with van der Waals surface area (Å²) in [6.07, 6.45) is 1.73. The molecule has 0 aliphatic rings. The second-order valence-electron chi connectivity index (χ2n) is 7.12. The lowest BCUT2D eigenvalue weighted by Crippen LogP contribution is -2.43. The molecule has 164 valence electrons. The normalized spacial score (nSPS) is 12.2. The standard InChI is InChI=1S/C22H30N2O5S/c1-6-7-17(3)23-22(25)15-24(18-9-11-19(28-4)12-10-18)30(26,27)21-14-16(2)8-13-20(21)29-5/h8-14,17H,6-7,15H2,1-5H3,(H,23,25). The minimum absolute atomic E-state index is 0.00947. The first-order valence-electron chi connectivity index (χ1n) is 9.83. The van der Waals surface area contributed by atoms with E-state index in [9.17, 15) is 13.2 Å². The van der Waals surface area contributed by atoms with Crippen molar-refractivity contribution < 1.29 is 22.7 Å². The lowest BCUT2D eigenvalue weighted by atomic mass is 10.2. The number of nitrogens with one attached hydrogen (secondary N) is 1. The molecular weight excluding hydrogens is 404 g/mol. The molecule has 0 spiro atoms. The third kappa shape index (κ3) is 5.66. The molecule has 7 nitrogen and oxygen atoms in total. The van der Waals surface area contributed by atoms with Crippen LogP contribution >= 0.6 is 0 Å². The summed E-state index contributed by atoms with van der Waals surface area (Å²) in [5.41, 5.74) is 1.13. The van der Waals surface area contributed by atoms with E-state index in [0.717, 1.165) is 22.7 Å². The van der Waals surface area contributed by atoms with Crippen LogP contribution in [0.15, 0.2) is 47.4 Å². The molecule has 2 rings (SSSR count). The van der Waals surface area contributed by atoms with Crippen LogP contribution in [-0.4, -0.2) is 41.1 Å². The molecule has 1 N–H and O–H groups in total. The summed E-state index contributed by atoms with van der Waals surface area (Å²) in [4.78, 5) is 12.7. The van der Waals surface area contributed by atoms with E-state index in [4.69, 9.17) is 9.47 Å². The second kappa shape index (κ2) is 10.3. The average molecular weight is 435 g/mol. The molecule has 2 aromatic carbocycles. The molecule has 1 amide bonds. The minimum Gasteiger partial charge on any atom is -0.497 e. The number of hydrogen-bond acceptors (Lipinski definition) is 5. The third-order valence-electron chi connectivity index (χ3n) is 4.66. The quantitative estimate of drug-likeness (QED) is 0.619. The molecule has 0 saturated carbocycles. The van der Waals surface area contributed by atoms with E-state index < -0.39 is 10.0 Å². The van der Waals surface area contributed by atoms with E-state index in [2.05, 4.69) is 5.32 Å². The van der Waals surface area contributed by atoms with Gasteiger partial charge in [0.25, 0.3) is 10.0 Å². The van der Waals surface area contributed by atoms with Crippen molar-refractivity contribution in [1.29, 1.82) is 0 Å². The summed E-state index contributed by atoms with van der Waals surface area (Å²) in [5, 5.41) is 2.87. The number of amides is 1. The zero-order valence-corrected chi connectivity index (χ0v) is 19.0. The Bertz CT molecular complexity index is 958. The second-order valence-corrected chi connectivity index (χ2v) is 8.95. The Kier molecular flexibility index (Phi) is 8.11. The number of nitrogens with zero attached hydrogens (tertiary/aromatic N) is 1. The average Bonchev–Trinajstić information content (AvgIpc) is 2.72. The van der Waals surface area contributed by atoms with Gasteiger partial charge in [0, 0.05) is 6.04 Å². The lowest BCUT2D eigenvalue weighted by molar-refractivity contribution is -0.120. The predicted molar refractivity (Wildman–Crippen MR) is 118 cm³/mol. The molecule has 0 fully saturated rings. The Morgan fingerprint density at radius 2 is 1.77 bits per heavy atom. The first kappa shape index (κ1) is 23.5. The van der Waals surface area contributed by atoms with Crippen LogP contribution in [0.25, 0.3) is 0 Å². The van der Waals surface area contributed by atoms with E-state index in [1.54, 1.807) is 49.4 Å². The summed E-state index contributed by atoms with van der Waals surface area (Å²) in [5.74, 6) is 0.436. The number of carbonyl (C=O) groups excluding carboxylic acids is 1. The summed E-state index contributed by atoms with van der Waals surface area (Å²) < 4.78 is 38.7. The van der Waals surface area contributed by atoms with Gasteiger partial charge < -0.3 is 14.8 Å². The molecule has 0 aliphatic heterocycles. The fraction of sp³-hybridized carbons (Fsp3) is 0.409. The fourth-order valence-electron chi connectivity index (χ4n) is 3.12. The van der Waals surface area contributed by atoms with Gasteiger partial charge in [0.1, 0.15) is 22.9 Å². The highest BCUT2D eigenvalue weighted by Crippen LogP contribution is 2.31. The molecule has 0 saturated heterocycles. The summed E-state index contributed by atoms with van der Waals surface area (Å²) >= 11 is 0. The van der Waals surface area contributed by atoms with E-state index in [0.29, 0.717) is 11.4 Å². The molecule has 8 heteroatoms. The number of hydrogen-bond donors (Lipinski definition) is 1. The molecular formula is C22H30N2O5S. The van der Waals surface area contributed by atoms with Crippen LogP contribution in [0, 0.1) is 6.92 Å². The Balaban J connectivity index is 2.49. The number of benzene rings is 2. The van der Waals surface area contributed by atoms with E-state index in [-0.39, 0.29) is 29.1 Å². The number of methoxy groups -OCH3 is 2. The van der Waals surface area contributed by atoms with Crippen LogP contribution in [0.1, 0.15) is 32.3 Å². The minimum atomic E-state index is -4.08. The van der Waals surface area contributed by atoms with Gasteiger partial charge in [0.05, 0.1) is 19.9 Å². The molecule has 0 aliphatic carbocycles. The number of rotatable bonds is 10. The third-order valence-corrected chi connectivity index (χ3v) is 6.46. The van der Waals surface area contributed by atoms with Crippen LogP contribution in [0.2, 0.25) is 0 Å². The van der Waals surface area contributed by atoms with Gasteiger partial charge in [-0.2, -0.15) is 0 Å². The SMILES string of the molecule is CCCC(C)NC(=O)CN(c1ccc(OC)cc1)S(=O)(=O)c1cc(C)ccc1OC. The highest BCUT2D eigenvalue weighted by molar-refractivity contribution is 7.93. The Morgan fingerprint density at radius 1 is 1.10 bits per heavy atom. The van der Waals surface area contributed by atoms with Gasteiger partial charge in [0.15, 0.2) is 0 Å². The van der Waals surface area contributed by atoms with Crippen LogP contribution in [0.3, 0.4) is 0 Å². The number of sulfonamides is 1. The van der Waals surface area contributed by atoms with Crippen molar-refractivity contribution >= 4 is 21.6 Å². The van der Waals surface area contributed by atoms with Crippen LogP contribution in [0.4, 0.5) is 5.69 Å². The fourth-order valence-corrected chi connectivity index (χ4v) is 4.79. The van der Waals surface area contributed by atoms with Gasteiger partial charge in [-0.3, -0.25) is 9.10 Å². The zero-order chi connectivity index (χ0) is 22.3. The molecule has 0 bridgehead atoms. The molecule has 1 unspecified atom stereocenters. The molecule has 30 heavy (non-hydrogen) atoms. The zero-order valence-electron chi connectivity index (χ0n) is 18.1. The summed E-state index contributed by atoms with van der Waals surface area (Å²) in [7, 11) is -1.13. The van der Waals surface area contributed by atoms with Crippen LogP contribution < -0.4 is 19.1 Å². The maximum atomic E-state index is 13.6. The lowest BCUT2D eigenvalue weighted by Gasteiger charge is -2.26. The van der Waals surface area contributed by atoms with Crippen molar-refractivity contribution in [3.05, 3.63) is 48.0 Å². The Morgan fingerprint density at radius 3 is 2.33 bits per heavy atom. The molecule has 0 aromatic heterocycles.